The number of hydrogen-bond acceptors (Lipinski definition) is 6. The standard InChI is InChI=1S/C25H29FN2O6S/c26-17-5-8-22(16(14-17)4-3-12-28-10-1-2-11-28)35(31,32)27-20-7-6-19-18-9-13-33-21(18)15-34-24(19)23(20)25(29)30/h5-8,14,18,21,27H,1-4,9-13,15H2,(H,29,30)/t18-,21+/m0/s1. The summed E-state index contributed by atoms with van der Waals surface area (Å²) in [4.78, 5) is 14.4. The van der Waals surface area contributed by atoms with Gasteiger partial charge in [-0.25, -0.2) is 17.6 Å². The van der Waals surface area contributed by atoms with Crippen molar-refractivity contribution in [3.05, 3.63) is 52.8 Å². The number of rotatable bonds is 8. The fraction of sp³-hybridized carbons (Fsp3) is 0.480. The molecular formula is C25H29FN2O6S. The molecule has 0 bridgehead atoms. The van der Waals surface area contributed by atoms with E-state index in [1.54, 1.807) is 6.07 Å². The highest BCUT2D eigenvalue weighted by Gasteiger charge is 2.39. The highest BCUT2D eigenvalue weighted by Crippen LogP contribution is 2.44. The smallest absolute Gasteiger partial charge is 0.341 e. The number of halogens is 1. The van der Waals surface area contributed by atoms with Gasteiger partial charge in [-0.15, -0.1) is 0 Å². The molecule has 0 aromatic heterocycles. The average molecular weight is 505 g/mol. The van der Waals surface area contributed by atoms with E-state index in [4.69, 9.17) is 9.47 Å². The molecule has 2 aromatic rings. The van der Waals surface area contributed by atoms with Crippen LogP contribution in [0.3, 0.4) is 0 Å². The van der Waals surface area contributed by atoms with Crippen LogP contribution < -0.4 is 9.46 Å². The molecule has 10 heteroatoms. The fourth-order valence-electron chi connectivity index (χ4n) is 5.38. The molecule has 0 radical (unpaired) electrons. The summed E-state index contributed by atoms with van der Waals surface area (Å²) >= 11 is 0. The molecule has 3 heterocycles. The molecule has 3 aliphatic heterocycles. The normalized spacial score (nSPS) is 21.9. The molecule has 0 unspecified atom stereocenters. The minimum Gasteiger partial charge on any atom is -0.490 e. The number of fused-ring (bicyclic) bond motifs is 3. The van der Waals surface area contributed by atoms with E-state index >= 15 is 0 Å². The Morgan fingerprint density at radius 1 is 1.20 bits per heavy atom. The zero-order valence-corrected chi connectivity index (χ0v) is 20.2. The Bertz CT molecular complexity index is 1230. The molecule has 2 N–H and O–H groups in total. The van der Waals surface area contributed by atoms with Gasteiger partial charge in [0.05, 0.1) is 16.7 Å². The first-order valence-corrected chi connectivity index (χ1v) is 13.5. The maximum absolute atomic E-state index is 14.0. The third kappa shape index (κ3) is 4.87. The van der Waals surface area contributed by atoms with Crippen molar-refractivity contribution >= 4 is 21.7 Å². The van der Waals surface area contributed by atoms with Crippen LogP contribution in [0.1, 0.15) is 53.1 Å². The number of hydrogen-bond donors (Lipinski definition) is 2. The van der Waals surface area contributed by atoms with Gasteiger partial charge in [-0.2, -0.15) is 0 Å². The number of nitrogens with one attached hydrogen (secondary N) is 1. The van der Waals surface area contributed by atoms with E-state index in [2.05, 4.69) is 9.62 Å². The predicted octanol–water partition coefficient (Wildman–Crippen LogP) is 3.62. The van der Waals surface area contributed by atoms with Crippen LogP contribution in [0.25, 0.3) is 0 Å². The Morgan fingerprint density at radius 3 is 2.77 bits per heavy atom. The fourth-order valence-corrected chi connectivity index (χ4v) is 6.71. The lowest BCUT2D eigenvalue weighted by Gasteiger charge is -2.29. The second-order valence-corrected chi connectivity index (χ2v) is 11.0. The Morgan fingerprint density at radius 2 is 2.00 bits per heavy atom. The van der Waals surface area contributed by atoms with Crippen LogP contribution in [0.2, 0.25) is 0 Å². The number of carboxylic acids is 1. The van der Waals surface area contributed by atoms with Gasteiger partial charge < -0.3 is 19.5 Å². The molecule has 188 valence electrons. The molecule has 2 aromatic carbocycles. The largest absolute Gasteiger partial charge is 0.490 e. The Labute approximate surface area is 204 Å². The van der Waals surface area contributed by atoms with Gasteiger partial charge in [0.2, 0.25) is 0 Å². The van der Waals surface area contributed by atoms with Gasteiger partial charge in [0.15, 0.2) is 0 Å². The number of likely N-dealkylation sites (tertiary alicyclic amines) is 1. The molecule has 0 amide bonds. The number of aromatic carboxylic acids is 1. The van der Waals surface area contributed by atoms with Crippen molar-refractivity contribution in [1.82, 2.24) is 4.90 Å². The summed E-state index contributed by atoms with van der Waals surface area (Å²) in [7, 11) is -4.18. The van der Waals surface area contributed by atoms with Crippen LogP contribution in [-0.2, 0) is 21.2 Å². The van der Waals surface area contributed by atoms with Gasteiger partial charge in [0, 0.05) is 18.1 Å². The third-order valence-corrected chi connectivity index (χ3v) is 8.54. The van der Waals surface area contributed by atoms with Gasteiger partial charge in [-0.05, 0) is 81.6 Å². The lowest BCUT2D eigenvalue weighted by Crippen LogP contribution is -2.29. The maximum atomic E-state index is 14.0. The minimum atomic E-state index is -4.18. The van der Waals surface area contributed by atoms with Crippen LogP contribution in [-0.4, -0.2) is 63.3 Å². The number of nitrogens with zero attached hydrogens (tertiary/aromatic N) is 1. The van der Waals surface area contributed by atoms with Crippen molar-refractivity contribution in [3.8, 4) is 5.75 Å². The second-order valence-electron chi connectivity index (χ2n) is 9.34. The number of aryl methyl sites for hydroxylation is 1. The number of ether oxygens (including phenoxy) is 2. The molecule has 0 saturated carbocycles. The van der Waals surface area contributed by atoms with Gasteiger partial charge >= 0.3 is 5.97 Å². The Balaban J connectivity index is 1.43. The van der Waals surface area contributed by atoms with E-state index < -0.39 is 21.8 Å². The summed E-state index contributed by atoms with van der Waals surface area (Å²) in [6.07, 6.45) is 4.04. The van der Waals surface area contributed by atoms with Crippen LogP contribution in [0.5, 0.6) is 5.75 Å². The molecular weight excluding hydrogens is 475 g/mol. The van der Waals surface area contributed by atoms with Crippen molar-refractivity contribution < 1.29 is 32.2 Å². The van der Waals surface area contributed by atoms with E-state index in [0.29, 0.717) is 30.6 Å². The first-order chi connectivity index (χ1) is 16.8. The topological polar surface area (TPSA) is 105 Å². The average Bonchev–Trinajstić information content (AvgIpc) is 3.50. The van der Waals surface area contributed by atoms with Crippen LogP contribution in [0, 0.1) is 5.82 Å². The number of sulfonamides is 1. The van der Waals surface area contributed by atoms with Gasteiger partial charge in [0.25, 0.3) is 10.0 Å². The lowest BCUT2D eigenvalue weighted by molar-refractivity contribution is 0.0484. The zero-order chi connectivity index (χ0) is 24.6. The van der Waals surface area contributed by atoms with Crippen molar-refractivity contribution in [1.29, 1.82) is 0 Å². The second kappa shape index (κ2) is 9.75. The van der Waals surface area contributed by atoms with Crippen molar-refractivity contribution in [2.45, 2.75) is 49.0 Å². The summed E-state index contributed by atoms with van der Waals surface area (Å²) in [6, 6.07) is 6.74. The van der Waals surface area contributed by atoms with Crippen molar-refractivity contribution in [2.75, 3.05) is 37.6 Å². The zero-order valence-electron chi connectivity index (χ0n) is 19.3. The molecule has 0 aliphatic carbocycles. The molecule has 2 saturated heterocycles. The van der Waals surface area contributed by atoms with Crippen molar-refractivity contribution in [3.63, 3.8) is 0 Å². The highest BCUT2D eigenvalue weighted by atomic mass is 32.2. The number of carboxylic acid groups (broad SMARTS) is 1. The monoisotopic (exact) mass is 504 g/mol. The molecule has 35 heavy (non-hydrogen) atoms. The lowest BCUT2D eigenvalue weighted by atomic mass is 9.88. The van der Waals surface area contributed by atoms with Crippen LogP contribution in [0.15, 0.2) is 35.2 Å². The minimum absolute atomic E-state index is 0.0156. The third-order valence-electron chi connectivity index (χ3n) is 7.08. The predicted molar refractivity (Wildman–Crippen MR) is 127 cm³/mol. The first kappa shape index (κ1) is 24.0. The van der Waals surface area contributed by atoms with E-state index in [1.807, 2.05) is 0 Å². The van der Waals surface area contributed by atoms with E-state index in [9.17, 15) is 22.7 Å². The summed E-state index contributed by atoms with van der Waals surface area (Å²) < 4.78 is 54.6. The molecule has 5 rings (SSSR count). The molecule has 2 fully saturated rings. The summed E-state index contributed by atoms with van der Waals surface area (Å²) in [6.45, 7) is 3.66. The quantitative estimate of drug-likeness (QED) is 0.566. The number of carbonyl (C=O) groups is 1. The highest BCUT2D eigenvalue weighted by molar-refractivity contribution is 7.92. The molecule has 8 nitrogen and oxygen atoms in total. The number of benzene rings is 2. The van der Waals surface area contributed by atoms with E-state index in [-0.39, 0.29) is 40.5 Å². The van der Waals surface area contributed by atoms with Gasteiger partial charge in [-0.3, -0.25) is 4.72 Å². The maximum Gasteiger partial charge on any atom is 0.341 e. The van der Waals surface area contributed by atoms with Gasteiger partial charge in [-0.1, -0.05) is 6.07 Å². The summed E-state index contributed by atoms with van der Waals surface area (Å²) in [5.41, 5.74) is 0.771. The van der Waals surface area contributed by atoms with E-state index in [1.165, 1.54) is 18.2 Å². The van der Waals surface area contributed by atoms with Gasteiger partial charge in [0.1, 0.15) is 23.7 Å². The number of anilines is 1. The SMILES string of the molecule is O=C(O)c1c(NS(=O)(=O)c2ccc(F)cc2CCCN2CCCC2)ccc2c1OC[C@H]1OCC[C@@H]21. The van der Waals surface area contributed by atoms with Crippen LogP contribution in [0.4, 0.5) is 10.1 Å². The summed E-state index contributed by atoms with van der Waals surface area (Å²) in [5.74, 6) is -1.61. The first-order valence-electron chi connectivity index (χ1n) is 12.0. The Hall–Kier alpha value is -2.69. The Kier molecular flexibility index (Phi) is 6.69. The molecule has 3 aliphatic rings. The van der Waals surface area contributed by atoms with E-state index in [0.717, 1.165) is 45.0 Å². The molecule has 2 atom stereocenters. The van der Waals surface area contributed by atoms with Crippen molar-refractivity contribution in [2.24, 2.45) is 0 Å². The molecule has 0 spiro atoms. The van der Waals surface area contributed by atoms with Crippen LogP contribution >= 0.6 is 0 Å². The summed E-state index contributed by atoms with van der Waals surface area (Å²) in [5, 5.41) is 9.94.